The predicted molar refractivity (Wildman–Crippen MR) is 80.9 cm³/mol. The van der Waals surface area contributed by atoms with Gasteiger partial charge in [-0.3, -0.25) is 0 Å². The fourth-order valence-corrected chi connectivity index (χ4v) is 2.17. The quantitative estimate of drug-likeness (QED) is 0.812. The highest BCUT2D eigenvalue weighted by atomic mass is 16.5. The Bertz CT molecular complexity index is 666. The zero-order chi connectivity index (χ0) is 15.2. The van der Waals surface area contributed by atoms with Crippen molar-refractivity contribution < 1.29 is 4.74 Å². The first kappa shape index (κ1) is 14.0. The first-order valence-corrected chi connectivity index (χ1v) is 6.90. The van der Waals surface area contributed by atoms with Crippen molar-refractivity contribution in [2.24, 2.45) is 0 Å². The molecule has 1 fully saturated rings. The number of anilines is 2. The van der Waals surface area contributed by atoms with E-state index in [1.807, 2.05) is 30.3 Å². The van der Waals surface area contributed by atoms with Gasteiger partial charge in [0.25, 0.3) is 0 Å². The third kappa shape index (κ3) is 3.21. The van der Waals surface area contributed by atoms with E-state index in [0.717, 1.165) is 37.7 Å². The second-order valence-corrected chi connectivity index (χ2v) is 4.70. The molecule has 0 bridgehead atoms. The molecule has 1 aromatic heterocycles. The molecule has 0 amide bonds. The summed E-state index contributed by atoms with van der Waals surface area (Å²) < 4.78 is 5.35. The van der Waals surface area contributed by atoms with E-state index >= 15 is 0 Å². The third-order valence-corrected chi connectivity index (χ3v) is 3.33. The number of aromatic nitrogens is 4. The molecule has 1 aromatic carbocycles. The first-order chi connectivity index (χ1) is 10.9. The number of hydrogen-bond acceptors (Lipinski definition) is 7. The number of H-pyrrole nitrogens is 1. The molecule has 0 spiro atoms. The minimum atomic E-state index is 0.264. The molecule has 2 aromatic rings. The smallest absolute Gasteiger partial charge is 0.216 e. The number of nitriles is 1. The maximum Gasteiger partial charge on any atom is 0.216 e. The van der Waals surface area contributed by atoms with E-state index in [0.29, 0.717) is 5.57 Å². The zero-order valence-corrected chi connectivity index (χ0v) is 11.9. The molecule has 3 rings (SSSR count). The van der Waals surface area contributed by atoms with Crippen LogP contribution in [-0.2, 0) is 4.74 Å². The molecule has 2 N–H and O–H groups in total. The number of tetrazole rings is 1. The summed E-state index contributed by atoms with van der Waals surface area (Å²) in [6, 6.07) is 10.0. The third-order valence-electron chi connectivity index (χ3n) is 3.33. The lowest BCUT2D eigenvalue weighted by Crippen LogP contribution is -2.36. The van der Waals surface area contributed by atoms with Crippen molar-refractivity contribution in [1.82, 2.24) is 20.6 Å². The van der Waals surface area contributed by atoms with Gasteiger partial charge >= 0.3 is 0 Å². The van der Waals surface area contributed by atoms with Gasteiger partial charge in [-0.05, 0) is 29.5 Å². The molecule has 1 aliphatic rings. The molecule has 1 saturated heterocycles. The van der Waals surface area contributed by atoms with Crippen LogP contribution in [0, 0.1) is 11.3 Å². The van der Waals surface area contributed by atoms with Crippen molar-refractivity contribution in [3.05, 3.63) is 36.3 Å². The van der Waals surface area contributed by atoms with Crippen molar-refractivity contribution in [2.75, 3.05) is 36.5 Å². The van der Waals surface area contributed by atoms with E-state index in [1.54, 1.807) is 6.20 Å². The maximum atomic E-state index is 9.09. The van der Waals surface area contributed by atoms with Gasteiger partial charge in [0.2, 0.25) is 5.82 Å². The van der Waals surface area contributed by atoms with Crippen molar-refractivity contribution in [3.8, 4) is 6.07 Å². The average molecular weight is 297 g/mol. The molecule has 0 unspecified atom stereocenters. The molecule has 112 valence electrons. The van der Waals surface area contributed by atoms with Crippen LogP contribution in [0.5, 0.6) is 0 Å². The Balaban J connectivity index is 1.67. The summed E-state index contributed by atoms with van der Waals surface area (Å²) in [5.74, 6) is 0.264. The van der Waals surface area contributed by atoms with Crippen LogP contribution < -0.4 is 10.2 Å². The van der Waals surface area contributed by atoms with E-state index in [-0.39, 0.29) is 5.82 Å². The standard InChI is InChI=1S/C14H15N7O/c15-9-11(14-17-19-20-18-14)10-16-12-1-3-13(4-2-12)21-5-7-22-8-6-21/h1-4,10,16H,5-8H2,(H,17,18,19,20). The van der Waals surface area contributed by atoms with Gasteiger partial charge in [0.15, 0.2) is 0 Å². The van der Waals surface area contributed by atoms with Crippen LogP contribution in [0.15, 0.2) is 30.5 Å². The SMILES string of the molecule is N#CC(=CNc1ccc(N2CCOCC2)cc1)c1nn[nH]n1. The number of benzene rings is 1. The highest BCUT2D eigenvalue weighted by Crippen LogP contribution is 2.19. The Labute approximate surface area is 127 Å². The molecular weight excluding hydrogens is 282 g/mol. The second kappa shape index (κ2) is 6.69. The number of ether oxygens (including phenoxy) is 1. The Kier molecular flexibility index (Phi) is 4.27. The van der Waals surface area contributed by atoms with E-state index in [2.05, 4.69) is 30.8 Å². The van der Waals surface area contributed by atoms with E-state index in [4.69, 9.17) is 10.00 Å². The number of nitrogens with zero attached hydrogens (tertiary/aromatic N) is 5. The molecule has 0 atom stereocenters. The van der Waals surface area contributed by atoms with Crippen LogP contribution >= 0.6 is 0 Å². The lowest BCUT2D eigenvalue weighted by Gasteiger charge is -2.28. The first-order valence-electron chi connectivity index (χ1n) is 6.90. The summed E-state index contributed by atoms with van der Waals surface area (Å²) in [5.41, 5.74) is 2.36. The van der Waals surface area contributed by atoms with E-state index in [9.17, 15) is 0 Å². The van der Waals surface area contributed by atoms with Crippen LogP contribution in [0.25, 0.3) is 5.57 Å². The van der Waals surface area contributed by atoms with Crippen LogP contribution in [0.2, 0.25) is 0 Å². The molecule has 1 aliphatic heterocycles. The van der Waals surface area contributed by atoms with Crippen molar-refractivity contribution >= 4 is 16.9 Å². The van der Waals surface area contributed by atoms with Crippen molar-refractivity contribution in [3.63, 3.8) is 0 Å². The molecule has 8 nitrogen and oxygen atoms in total. The fourth-order valence-electron chi connectivity index (χ4n) is 2.17. The zero-order valence-electron chi connectivity index (χ0n) is 11.9. The lowest BCUT2D eigenvalue weighted by atomic mass is 10.2. The largest absolute Gasteiger partial charge is 0.378 e. The molecule has 8 heteroatoms. The van der Waals surface area contributed by atoms with Gasteiger partial charge in [0.05, 0.1) is 13.2 Å². The molecule has 22 heavy (non-hydrogen) atoms. The normalized spacial score (nSPS) is 15.4. The lowest BCUT2D eigenvalue weighted by molar-refractivity contribution is 0.122. The minimum Gasteiger partial charge on any atom is -0.378 e. The van der Waals surface area contributed by atoms with E-state index in [1.165, 1.54) is 0 Å². The number of aromatic amines is 1. The van der Waals surface area contributed by atoms with Gasteiger partial charge < -0.3 is 15.0 Å². The molecular formula is C14H15N7O. The molecule has 0 saturated carbocycles. The summed E-state index contributed by atoms with van der Waals surface area (Å²) in [5, 5.41) is 25.5. The van der Waals surface area contributed by atoms with Crippen molar-refractivity contribution in [1.29, 1.82) is 5.26 Å². The number of hydrogen-bond donors (Lipinski definition) is 2. The molecule has 0 radical (unpaired) electrons. The summed E-state index contributed by atoms with van der Waals surface area (Å²) in [7, 11) is 0. The Morgan fingerprint density at radius 3 is 2.73 bits per heavy atom. The molecule has 0 aliphatic carbocycles. The van der Waals surface area contributed by atoms with Crippen LogP contribution in [0.1, 0.15) is 5.82 Å². The van der Waals surface area contributed by atoms with Crippen LogP contribution in [0.4, 0.5) is 11.4 Å². The Hall–Kier alpha value is -2.92. The number of nitrogens with one attached hydrogen (secondary N) is 2. The monoisotopic (exact) mass is 297 g/mol. The van der Waals surface area contributed by atoms with E-state index < -0.39 is 0 Å². The van der Waals surface area contributed by atoms with Gasteiger partial charge in [-0.15, -0.1) is 10.2 Å². The minimum absolute atomic E-state index is 0.264. The average Bonchev–Trinajstić information content (AvgIpc) is 3.11. The van der Waals surface area contributed by atoms with Gasteiger partial charge in [-0.1, -0.05) is 0 Å². The summed E-state index contributed by atoms with van der Waals surface area (Å²) in [6.07, 6.45) is 1.56. The van der Waals surface area contributed by atoms with Gasteiger partial charge in [0, 0.05) is 30.7 Å². The van der Waals surface area contributed by atoms with Gasteiger partial charge in [-0.2, -0.15) is 10.5 Å². The van der Waals surface area contributed by atoms with Gasteiger partial charge in [-0.25, -0.2) is 0 Å². The van der Waals surface area contributed by atoms with Gasteiger partial charge in [0.1, 0.15) is 11.6 Å². The molecule has 2 heterocycles. The van der Waals surface area contributed by atoms with Crippen molar-refractivity contribution in [2.45, 2.75) is 0 Å². The Morgan fingerprint density at radius 1 is 1.32 bits per heavy atom. The highest BCUT2D eigenvalue weighted by molar-refractivity contribution is 5.74. The number of rotatable bonds is 4. The Morgan fingerprint density at radius 2 is 2.09 bits per heavy atom. The predicted octanol–water partition coefficient (Wildman–Crippen LogP) is 1.01. The summed E-state index contributed by atoms with van der Waals surface area (Å²) in [6.45, 7) is 3.34. The number of allylic oxidation sites excluding steroid dienone is 1. The van der Waals surface area contributed by atoms with Crippen LogP contribution in [-0.4, -0.2) is 46.9 Å². The highest BCUT2D eigenvalue weighted by Gasteiger charge is 2.10. The fraction of sp³-hybridized carbons (Fsp3) is 0.286. The summed E-state index contributed by atoms with van der Waals surface area (Å²) >= 11 is 0. The topological polar surface area (TPSA) is 103 Å². The van der Waals surface area contributed by atoms with Crippen LogP contribution in [0.3, 0.4) is 0 Å². The number of morpholine rings is 1. The maximum absolute atomic E-state index is 9.09. The second-order valence-electron chi connectivity index (χ2n) is 4.70. The summed E-state index contributed by atoms with van der Waals surface area (Å²) in [4.78, 5) is 2.28.